The van der Waals surface area contributed by atoms with Gasteiger partial charge in [-0.25, -0.2) is 0 Å². The first-order valence-corrected chi connectivity index (χ1v) is 4.14. The minimum atomic E-state index is 0.303. The van der Waals surface area contributed by atoms with Crippen molar-refractivity contribution in [2.75, 3.05) is 0 Å². The number of benzene rings is 1. The van der Waals surface area contributed by atoms with Gasteiger partial charge in [-0.05, 0) is 19.1 Å². The van der Waals surface area contributed by atoms with Gasteiger partial charge in [-0.3, -0.25) is 0 Å². The maximum absolute atomic E-state index is 9.34. The number of halogens is 1. The third-order valence-electron chi connectivity index (χ3n) is 1.34. The number of hydrogen-bond donors (Lipinski definition) is 1. The first-order chi connectivity index (χ1) is 5.24. The van der Waals surface area contributed by atoms with E-state index < -0.39 is 0 Å². The van der Waals surface area contributed by atoms with Crippen LogP contribution in [0.5, 0.6) is 5.75 Å². The maximum atomic E-state index is 9.34. The van der Waals surface area contributed by atoms with Crippen molar-refractivity contribution in [1.82, 2.24) is 0 Å². The second-order valence-corrected chi connectivity index (χ2v) is 3.12. The van der Waals surface area contributed by atoms with Gasteiger partial charge in [0.1, 0.15) is 5.75 Å². The summed E-state index contributed by atoms with van der Waals surface area (Å²) in [5.41, 5.74) is 0.843. The molecule has 0 amide bonds. The molecule has 0 aliphatic rings. The number of allylic oxidation sites excluding steroid dienone is 1. The van der Waals surface area contributed by atoms with Gasteiger partial charge in [-0.15, -0.1) is 0 Å². The minimum Gasteiger partial charge on any atom is -0.507 e. The highest BCUT2D eigenvalue weighted by Crippen LogP contribution is 2.22. The van der Waals surface area contributed by atoms with Gasteiger partial charge < -0.3 is 5.11 Å². The molecule has 2 heteroatoms. The summed E-state index contributed by atoms with van der Waals surface area (Å²) in [6, 6.07) is 5.43. The van der Waals surface area contributed by atoms with Crippen LogP contribution in [0.25, 0.3) is 6.08 Å². The van der Waals surface area contributed by atoms with Crippen molar-refractivity contribution in [2.24, 2.45) is 0 Å². The molecule has 0 aliphatic carbocycles. The Morgan fingerprint density at radius 1 is 1.45 bits per heavy atom. The molecule has 1 N–H and O–H groups in total. The van der Waals surface area contributed by atoms with Crippen LogP contribution in [0.2, 0.25) is 0 Å². The molecular formula is C9H9BrO. The number of phenolic OH excluding ortho intramolecular Hbond substituents is 1. The SMILES string of the molecule is CC=Cc1ccc(Br)cc1O. The van der Waals surface area contributed by atoms with E-state index in [9.17, 15) is 5.11 Å². The zero-order chi connectivity index (χ0) is 8.27. The average Bonchev–Trinajstić information content (AvgIpc) is 1.95. The largest absolute Gasteiger partial charge is 0.507 e. The summed E-state index contributed by atoms with van der Waals surface area (Å²) in [6.07, 6.45) is 3.75. The van der Waals surface area contributed by atoms with E-state index in [1.807, 2.05) is 31.2 Å². The van der Waals surface area contributed by atoms with Crippen molar-refractivity contribution in [2.45, 2.75) is 6.92 Å². The van der Waals surface area contributed by atoms with Crippen LogP contribution in [-0.2, 0) is 0 Å². The standard InChI is InChI=1S/C9H9BrO/c1-2-3-7-4-5-8(10)6-9(7)11/h2-6,11H,1H3. The van der Waals surface area contributed by atoms with E-state index in [1.165, 1.54) is 0 Å². The summed E-state index contributed by atoms with van der Waals surface area (Å²) in [4.78, 5) is 0. The van der Waals surface area contributed by atoms with Gasteiger partial charge in [0.25, 0.3) is 0 Å². The molecule has 0 saturated carbocycles. The lowest BCUT2D eigenvalue weighted by Gasteiger charge is -1.97. The van der Waals surface area contributed by atoms with Crippen molar-refractivity contribution < 1.29 is 5.11 Å². The molecule has 1 nitrogen and oxygen atoms in total. The molecule has 0 spiro atoms. The first-order valence-electron chi connectivity index (χ1n) is 3.35. The summed E-state index contributed by atoms with van der Waals surface area (Å²) in [5.74, 6) is 0.303. The Morgan fingerprint density at radius 3 is 2.73 bits per heavy atom. The Balaban J connectivity index is 3.09. The van der Waals surface area contributed by atoms with Crippen LogP contribution in [0.1, 0.15) is 12.5 Å². The van der Waals surface area contributed by atoms with Gasteiger partial charge in [0.2, 0.25) is 0 Å². The molecule has 1 aromatic carbocycles. The van der Waals surface area contributed by atoms with Crippen molar-refractivity contribution in [1.29, 1.82) is 0 Å². The van der Waals surface area contributed by atoms with E-state index in [0.29, 0.717) is 5.75 Å². The number of aromatic hydroxyl groups is 1. The number of rotatable bonds is 1. The van der Waals surface area contributed by atoms with Crippen LogP contribution in [0.4, 0.5) is 0 Å². The lowest BCUT2D eigenvalue weighted by Crippen LogP contribution is -1.73. The predicted molar refractivity (Wildman–Crippen MR) is 50.5 cm³/mol. The van der Waals surface area contributed by atoms with Gasteiger partial charge >= 0.3 is 0 Å². The second kappa shape index (κ2) is 3.58. The molecule has 0 heterocycles. The Kier molecular flexibility index (Phi) is 2.71. The Hall–Kier alpha value is -0.760. The topological polar surface area (TPSA) is 20.2 Å². The van der Waals surface area contributed by atoms with Gasteiger partial charge in [-0.2, -0.15) is 0 Å². The normalized spacial score (nSPS) is 10.7. The fraction of sp³-hybridized carbons (Fsp3) is 0.111. The van der Waals surface area contributed by atoms with Crippen LogP contribution in [0.15, 0.2) is 28.7 Å². The summed E-state index contributed by atoms with van der Waals surface area (Å²) < 4.78 is 0.892. The van der Waals surface area contributed by atoms with Crippen molar-refractivity contribution in [3.63, 3.8) is 0 Å². The average molecular weight is 213 g/mol. The minimum absolute atomic E-state index is 0.303. The second-order valence-electron chi connectivity index (χ2n) is 2.20. The Morgan fingerprint density at radius 2 is 2.18 bits per heavy atom. The van der Waals surface area contributed by atoms with Crippen LogP contribution >= 0.6 is 15.9 Å². The highest BCUT2D eigenvalue weighted by atomic mass is 79.9. The first kappa shape index (κ1) is 8.34. The quantitative estimate of drug-likeness (QED) is 0.759. The fourth-order valence-corrected chi connectivity index (χ4v) is 1.19. The molecular weight excluding hydrogens is 204 g/mol. The Bertz CT molecular complexity index is 279. The molecule has 0 saturated heterocycles. The fourth-order valence-electron chi connectivity index (χ4n) is 0.837. The number of hydrogen-bond acceptors (Lipinski definition) is 1. The molecule has 0 fully saturated rings. The van der Waals surface area contributed by atoms with Gasteiger partial charge in [-0.1, -0.05) is 34.1 Å². The summed E-state index contributed by atoms with van der Waals surface area (Å²) >= 11 is 3.26. The Labute approximate surface area is 74.5 Å². The van der Waals surface area contributed by atoms with Crippen molar-refractivity contribution in [3.05, 3.63) is 34.3 Å². The predicted octanol–water partition coefficient (Wildman–Crippen LogP) is 3.19. The van der Waals surface area contributed by atoms with E-state index in [1.54, 1.807) is 6.07 Å². The van der Waals surface area contributed by atoms with Crippen LogP contribution in [0, 0.1) is 0 Å². The van der Waals surface area contributed by atoms with Crippen molar-refractivity contribution in [3.8, 4) is 5.75 Å². The smallest absolute Gasteiger partial charge is 0.123 e. The molecule has 0 radical (unpaired) electrons. The van der Waals surface area contributed by atoms with E-state index >= 15 is 0 Å². The monoisotopic (exact) mass is 212 g/mol. The number of phenols is 1. The molecule has 0 bridgehead atoms. The van der Waals surface area contributed by atoms with Gasteiger partial charge in [0.15, 0.2) is 0 Å². The van der Waals surface area contributed by atoms with Crippen LogP contribution in [-0.4, -0.2) is 5.11 Å². The molecule has 1 rings (SSSR count). The van der Waals surface area contributed by atoms with E-state index in [-0.39, 0.29) is 0 Å². The van der Waals surface area contributed by atoms with Crippen molar-refractivity contribution >= 4 is 22.0 Å². The van der Waals surface area contributed by atoms with Crippen LogP contribution in [0.3, 0.4) is 0 Å². The molecule has 0 unspecified atom stereocenters. The highest BCUT2D eigenvalue weighted by Gasteiger charge is 1.95. The molecule has 0 aromatic heterocycles. The maximum Gasteiger partial charge on any atom is 0.123 e. The zero-order valence-corrected chi connectivity index (χ0v) is 7.80. The van der Waals surface area contributed by atoms with Gasteiger partial charge in [0, 0.05) is 10.0 Å². The lowest BCUT2D eigenvalue weighted by molar-refractivity contribution is 0.473. The summed E-state index contributed by atoms with van der Waals surface area (Å²) in [5, 5.41) is 9.34. The summed E-state index contributed by atoms with van der Waals surface area (Å²) in [7, 11) is 0. The molecule has 0 atom stereocenters. The molecule has 11 heavy (non-hydrogen) atoms. The van der Waals surface area contributed by atoms with Gasteiger partial charge in [0.05, 0.1) is 0 Å². The lowest BCUT2D eigenvalue weighted by atomic mass is 10.2. The summed E-state index contributed by atoms with van der Waals surface area (Å²) in [6.45, 7) is 1.92. The zero-order valence-electron chi connectivity index (χ0n) is 6.21. The van der Waals surface area contributed by atoms with Crippen LogP contribution < -0.4 is 0 Å². The molecule has 58 valence electrons. The van der Waals surface area contributed by atoms with E-state index in [4.69, 9.17) is 0 Å². The van der Waals surface area contributed by atoms with E-state index in [0.717, 1.165) is 10.0 Å². The van der Waals surface area contributed by atoms with E-state index in [2.05, 4.69) is 15.9 Å². The third-order valence-corrected chi connectivity index (χ3v) is 1.83. The third kappa shape index (κ3) is 2.09. The molecule has 0 aliphatic heterocycles. The highest BCUT2D eigenvalue weighted by molar-refractivity contribution is 9.10. The molecule has 1 aromatic rings.